The van der Waals surface area contributed by atoms with Crippen LogP contribution in [0.15, 0.2) is 0 Å². The van der Waals surface area contributed by atoms with E-state index in [1.54, 1.807) is 0 Å². The maximum atomic E-state index is 11.6. The molecule has 1 fully saturated rings. The van der Waals surface area contributed by atoms with Gasteiger partial charge in [-0.1, -0.05) is 27.2 Å². The molecule has 0 heterocycles. The summed E-state index contributed by atoms with van der Waals surface area (Å²) >= 11 is 0. The van der Waals surface area contributed by atoms with E-state index in [0.717, 1.165) is 19.3 Å². The normalized spacial score (nSPS) is 19.1. The van der Waals surface area contributed by atoms with E-state index in [4.69, 9.17) is 5.11 Å². The van der Waals surface area contributed by atoms with Crippen molar-refractivity contribution in [3.8, 4) is 0 Å². The van der Waals surface area contributed by atoms with Crippen molar-refractivity contribution in [2.45, 2.75) is 46.1 Å². The second kappa shape index (κ2) is 4.21. The monoisotopic (exact) mass is 213 g/mol. The molecular weight excluding hydrogens is 194 g/mol. The van der Waals surface area contributed by atoms with Crippen molar-refractivity contribution in [1.29, 1.82) is 0 Å². The van der Waals surface area contributed by atoms with E-state index >= 15 is 0 Å². The molecule has 1 aliphatic carbocycles. The fourth-order valence-corrected chi connectivity index (χ4v) is 1.58. The first kappa shape index (κ1) is 12.0. The Morgan fingerprint density at radius 3 is 2.13 bits per heavy atom. The SMILES string of the molecule is CC(C)(C)C(NC(=O)C1CCC1)C(=O)O. The Hall–Kier alpha value is -1.06. The van der Waals surface area contributed by atoms with Crippen molar-refractivity contribution >= 4 is 11.9 Å². The number of amides is 1. The van der Waals surface area contributed by atoms with Crippen LogP contribution in [0.1, 0.15) is 40.0 Å². The number of rotatable bonds is 3. The first-order valence-corrected chi connectivity index (χ1v) is 5.35. The lowest BCUT2D eigenvalue weighted by atomic mass is 9.82. The first-order valence-electron chi connectivity index (χ1n) is 5.35. The predicted molar refractivity (Wildman–Crippen MR) is 56.4 cm³/mol. The molecule has 86 valence electrons. The molecule has 0 aromatic rings. The fourth-order valence-electron chi connectivity index (χ4n) is 1.58. The smallest absolute Gasteiger partial charge is 0.326 e. The molecule has 2 N–H and O–H groups in total. The van der Waals surface area contributed by atoms with Crippen LogP contribution in [-0.2, 0) is 9.59 Å². The average Bonchev–Trinajstić information content (AvgIpc) is 1.93. The number of carbonyl (C=O) groups is 2. The van der Waals surface area contributed by atoms with Gasteiger partial charge in [-0.05, 0) is 18.3 Å². The molecule has 0 saturated heterocycles. The Morgan fingerprint density at radius 2 is 1.87 bits per heavy atom. The number of carboxylic acids is 1. The second-order valence-corrected chi connectivity index (χ2v) is 5.27. The lowest BCUT2D eigenvalue weighted by Gasteiger charge is -2.31. The van der Waals surface area contributed by atoms with Gasteiger partial charge in [-0.3, -0.25) is 4.79 Å². The molecule has 1 amide bonds. The van der Waals surface area contributed by atoms with Crippen molar-refractivity contribution in [1.82, 2.24) is 5.32 Å². The molecule has 4 nitrogen and oxygen atoms in total. The number of carbonyl (C=O) groups excluding carboxylic acids is 1. The Labute approximate surface area is 90.0 Å². The van der Waals surface area contributed by atoms with Crippen molar-refractivity contribution in [2.75, 3.05) is 0 Å². The Balaban J connectivity index is 2.58. The zero-order valence-electron chi connectivity index (χ0n) is 9.54. The summed E-state index contributed by atoms with van der Waals surface area (Å²) in [6.45, 7) is 5.44. The van der Waals surface area contributed by atoms with E-state index in [1.807, 2.05) is 20.8 Å². The van der Waals surface area contributed by atoms with Gasteiger partial charge >= 0.3 is 5.97 Å². The van der Waals surface area contributed by atoms with Crippen LogP contribution in [0.25, 0.3) is 0 Å². The summed E-state index contributed by atoms with van der Waals surface area (Å²) in [5.41, 5.74) is -0.453. The standard InChI is InChI=1S/C11H19NO3/c1-11(2,3)8(10(14)15)12-9(13)7-5-4-6-7/h7-8H,4-6H2,1-3H3,(H,12,13)(H,14,15). The van der Waals surface area contributed by atoms with Crippen molar-refractivity contribution in [3.05, 3.63) is 0 Å². The molecule has 0 bridgehead atoms. The zero-order chi connectivity index (χ0) is 11.6. The van der Waals surface area contributed by atoms with Gasteiger partial charge < -0.3 is 10.4 Å². The quantitative estimate of drug-likeness (QED) is 0.744. The van der Waals surface area contributed by atoms with E-state index in [9.17, 15) is 9.59 Å². The van der Waals surface area contributed by atoms with Crippen LogP contribution < -0.4 is 5.32 Å². The molecule has 1 rings (SSSR count). The summed E-state index contributed by atoms with van der Waals surface area (Å²) in [4.78, 5) is 22.6. The van der Waals surface area contributed by atoms with Crippen LogP contribution in [-0.4, -0.2) is 23.0 Å². The summed E-state index contributed by atoms with van der Waals surface area (Å²) in [7, 11) is 0. The molecule has 0 radical (unpaired) electrons. The van der Waals surface area contributed by atoms with Crippen LogP contribution in [0, 0.1) is 11.3 Å². The van der Waals surface area contributed by atoms with Gasteiger partial charge in [0.2, 0.25) is 5.91 Å². The molecule has 0 aliphatic heterocycles. The Bertz CT molecular complexity index is 263. The highest BCUT2D eigenvalue weighted by molar-refractivity contribution is 5.85. The molecule has 4 heteroatoms. The van der Waals surface area contributed by atoms with Crippen molar-refractivity contribution in [3.63, 3.8) is 0 Å². The van der Waals surface area contributed by atoms with Crippen LogP contribution in [0.3, 0.4) is 0 Å². The number of nitrogens with one attached hydrogen (secondary N) is 1. The van der Waals surface area contributed by atoms with Crippen LogP contribution >= 0.6 is 0 Å². The van der Waals surface area contributed by atoms with Crippen LogP contribution in [0.5, 0.6) is 0 Å². The lowest BCUT2D eigenvalue weighted by molar-refractivity contribution is -0.146. The van der Waals surface area contributed by atoms with Gasteiger partial charge in [0.05, 0.1) is 0 Å². The summed E-state index contributed by atoms with van der Waals surface area (Å²) in [6, 6.07) is -0.800. The summed E-state index contributed by atoms with van der Waals surface area (Å²) in [5, 5.41) is 11.6. The molecule has 1 aliphatic rings. The molecule has 0 aromatic heterocycles. The third-order valence-electron chi connectivity index (χ3n) is 2.88. The minimum atomic E-state index is -0.963. The third-order valence-corrected chi connectivity index (χ3v) is 2.88. The molecule has 15 heavy (non-hydrogen) atoms. The number of aliphatic carboxylic acids is 1. The van der Waals surface area contributed by atoms with Gasteiger partial charge in [-0.25, -0.2) is 4.79 Å². The minimum Gasteiger partial charge on any atom is -0.480 e. The molecule has 1 saturated carbocycles. The van der Waals surface area contributed by atoms with Crippen LogP contribution in [0.2, 0.25) is 0 Å². The van der Waals surface area contributed by atoms with Crippen molar-refractivity contribution in [2.24, 2.45) is 11.3 Å². The van der Waals surface area contributed by atoms with E-state index in [2.05, 4.69) is 5.32 Å². The van der Waals surface area contributed by atoms with Gasteiger partial charge in [0.1, 0.15) is 6.04 Å². The van der Waals surface area contributed by atoms with Gasteiger partial charge in [-0.15, -0.1) is 0 Å². The topological polar surface area (TPSA) is 66.4 Å². The van der Waals surface area contributed by atoms with Gasteiger partial charge in [-0.2, -0.15) is 0 Å². The number of carboxylic acid groups (broad SMARTS) is 1. The highest BCUT2D eigenvalue weighted by Crippen LogP contribution is 2.27. The number of hydrogen-bond acceptors (Lipinski definition) is 2. The summed E-state index contributed by atoms with van der Waals surface area (Å²) in [6.07, 6.45) is 2.86. The number of hydrogen-bond donors (Lipinski definition) is 2. The average molecular weight is 213 g/mol. The van der Waals surface area contributed by atoms with Crippen LogP contribution in [0.4, 0.5) is 0 Å². The maximum Gasteiger partial charge on any atom is 0.326 e. The van der Waals surface area contributed by atoms with E-state index in [-0.39, 0.29) is 11.8 Å². The Kier molecular flexibility index (Phi) is 3.37. The lowest BCUT2D eigenvalue weighted by Crippen LogP contribution is -2.51. The maximum absolute atomic E-state index is 11.6. The Morgan fingerprint density at radius 1 is 1.33 bits per heavy atom. The van der Waals surface area contributed by atoms with Gasteiger partial charge in [0.25, 0.3) is 0 Å². The molecule has 1 unspecified atom stereocenters. The van der Waals surface area contributed by atoms with Gasteiger partial charge in [0.15, 0.2) is 0 Å². The molecular formula is C11H19NO3. The molecule has 1 atom stereocenters. The minimum absolute atomic E-state index is 0.0363. The van der Waals surface area contributed by atoms with Crippen molar-refractivity contribution < 1.29 is 14.7 Å². The summed E-state index contributed by atoms with van der Waals surface area (Å²) < 4.78 is 0. The second-order valence-electron chi connectivity index (χ2n) is 5.27. The zero-order valence-corrected chi connectivity index (χ0v) is 9.54. The van der Waals surface area contributed by atoms with E-state index in [1.165, 1.54) is 0 Å². The summed E-state index contributed by atoms with van der Waals surface area (Å²) in [5.74, 6) is -1.03. The highest BCUT2D eigenvalue weighted by Gasteiger charge is 2.35. The van der Waals surface area contributed by atoms with E-state index in [0.29, 0.717) is 0 Å². The highest BCUT2D eigenvalue weighted by atomic mass is 16.4. The molecule has 0 spiro atoms. The third kappa shape index (κ3) is 2.94. The predicted octanol–water partition coefficient (Wildman–Crippen LogP) is 1.40. The fraction of sp³-hybridized carbons (Fsp3) is 0.818. The molecule has 0 aromatic carbocycles. The first-order chi connectivity index (χ1) is 6.82. The largest absolute Gasteiger partial charge is 0.480 e. The van der Waals surface area contributed by atoms with Gasteiger partial charge in [0, 0.05) is 5.92 Å². The van der Waals surface area contributed by atoms with E-state index < -0.39 is 17.4 Å².